The number of piperidine rings is 1. The lowest BCUT2D eigenvalue weighted by Crippen LogP contribution is -2.48. The van der Waals surface area contributed by atoms with Gasteiger partial charge in [0.25, 0.3) is 0 Å². The third-order valence-electron chi connectivity index (χ3n) is 3.72. The third kappa shape index (κ3) is 2.71. The molecule has 0 spiro atoms. The van der Waals surface area contributed by atoms with Crippen molar-refractivity contribution in [2.75, 3.05) is 19.7 Å². The normalized spacial score (nSPS) is 38.4. The van der Waals surface area contributed by atoms with Gasteiger partial charge in [-0.2, -0.15) is 0 Å². The van der Waals surface area contributed by atoms with Crippen molar-refractivity contribution < 1.29 is 9.84 Å². The Morgan fingerprint density at radius 2 is 2.13 bits per heavy atom. The second-order valence-corrected chi connectivity index (χ2v) is 4.78. The van der Waals surface area contributed by atoms with Crippen molar-refractivity contribution in [1.82, 2.24) is 4.90 Å². The molecule has 3 atom stereocenters. The first-order valence-electron chi connectivity index (χ1n) is 6.35. The van der Waals surface area contributed by atoms with Crippen LogP contribution in [0.4, 0.5) is 0 Å². The molecule has 88 valence electrons. The van der Waals surface area contributed by atoms with Gasteiger partial charge in [0.15, 0.2) is 0 Å². The Morgan fingerprint density at radius 1 is 1.27 bits per heavy atom. The smallest absolute Gasteiger partial charge is 0.0702 e. The fraction of sp³-hybridized carbons (Fsp3) is 1.00. The van der Waals surface area contributed by atoms with Gasteiger partial charge in [-0.05, 0) is 45.6 Å². The molecule has 1 saturated heterocycles. The molecule has 0 amide bonds. The van der Waals surface area contributed by atoms with E-state index in [1.807, 2.05) is 0 Å². The van der Waals surface area contributed by atoms with E-state index in [4.69, 9.17) is 4.74 Å². The van der Waals surface area contributed by atoms with Crippen LogP contribution in [0.1, 0.15) is 39.0 Å². The van der Waals surface area contributed by atoms with E-state index >= 15 is 0 Å². The number of likely N-dealkylation sites (tertiary alicyclic amines) is 1. The molecule has 15 heavy (non-hydrogen) atoms. The highest BCUT2D eigenvalue weighted by Crippen LogP contribution is 2.27. The van der Waals surface area contributed by atoms with Gasteiger partial charge in [0.05, 0.1) is 12.2 Å². The fourth-order valence-corrected chi connectivity index (χ4v) is 2.99. The SMILES string of the molecule is CCOC1CCCN(C2CCCC2O)C1. The van der Waals surface area contributed by atoms with Gasteiger partial charge in [0.1, 0.15) is 0 Å². The first-order valence-corrected chi connectivity index (χ1v) is 6.35. The zero-order valence-corrected chi connectivity index (χ0v) is 9.69. The van der Waals surface area contributed by atoms with Crippen LogP contribution >= 0.6 is 0 Å². The van der Waals surface area contributed by atoms with Gasteiger partial charge in [-0.3, -0.25) is 4.90 Å². The number of aliphatic hydroxyl groups excluding tert-OH is 1. The minimum atomic E-state index is -0.0922. The molecule has 0 aromatic rings. The lowest BCUT2D eigenvalue weighted by atomic mass is 10.0. The molecule has 0 radical (unpaired) electrons. The van der Waals surface area contributed by atoms with Gasteiger partial charge in [0.2, 0.25) is 0 Å². The lowest BCUT2D eigenvalue weighted by Gasteiger charge is -2.37. The average Bonchev–Trinajstić information content (AvgIpc) is 2.65. The number of aliphatic hydroxyl groups is 1. The molecule has 1 aliphatic heterocycles. The van der Waals surface area contributed by atoms with E-state index in [0.29, 0.717) is 12.1 Å². The predicted molar refractivity (Wildman–Crippen MR) is 59.9 cm³/mol. The maximum Gasteiger partial charge on any atom is 0.0702 e. The van der Waals surface area contributed by atoms with E-state index in [1.165, 1.54) is 25.7 Å². The standard InChI is InChI=1S/C12H23NO2/c1-2-15-10-5-4-8-13(9-10)11-6-3-7-12(11)14/h10-12,14H,2-9H2,1H3. The summed E-state index contributed by atoms with van der Waals surface area (Å²) in [5, 5.41) is 9.87. The van der Waals surface area contributed by atoms with E-state index < -0.39 is 0 Å². The number of ether oxygens (including phenoxy) is 1. The summed E-state index contributed by atoms with van der Waals surface area (Å²) in [6.07, 6.45) is 6.05. The highest BCUT2D eigenvalue weighted by molar-refractivity contribution is 4.88. The molecule has 1 saturated carbocycles. The molecule has 2 aliphatic rings. The quantitative estimate of drug-likeness (QED) is 0.769. The van der Waals surface area contributed by atoms with Crippen molar-refractivity contribution in [1.29, 1.82) is 0 Å². The van der Waals surface area contributed by atoms with Crippen molar-refractivity contribution in [3.05, 3.63) is 0 Å². The summed E-state index contributed by atoms with van der Waals surface area (Å²) in [6, 6.07) is 0.410. The van der Waals surface area contributed by atoms with Gasteiger partial charge in [-0.15, -0.1) is 0 Å². The number of rotatable bonds is 3. The number of hydrogen-bond donors (Lipinski definition) is 1. The summed E-state index contributed by atoms with van der Waals surface area (Å²) in [6.45, 7) is 5.04. The Hall–Kier alpha value is -0.120. The topological polar surface area (TPSA) is 32.7 Å². The Labute approximate surface area is 92.4 Å². The Balaban J connectivity index is 1.86. The summed E-state index contributed by atoms with van der Waals surface area (Å²) < 4.78 is 5.68. The van der Waals surface area contributed by atoms with Gasteiger partial charge < -0.3 is 9.84 Å². The largest absolute Gasteiger partial charge is 0.391 e. The van der Waals surface area contributed by atoms with Crippen molar-refractivity contribution in [2.45, 2.75) is 57.3 Å². The van der Waals surface area contributed by atoms with E-state index in [9.17, 15) is 5.11 Å². The van der Waals surface area contributed by atoms with Crippen LogP contribution in [-0.4, -0.2) is 48.0 Å². The van der Waals surface area contributed by atoms with Crippen LogP contribution < -0.4 is 0 Å². The molecular formula is C12H23NO2. The summed E-state index contributed by atoms with van der Waals surface area (Å²) in [4.78, 5) is 2.45. The minimum Gasteiger partial charge on any atom is -0.391 e. The van der Waals surface area contributed by atoms with Crippen molar-refractivity contribution in [3.8, 4) is 0 Å². The monoisotopic (exact) mass is 213 g/mol. The van der Waals surface area contributed by atoms with Crippen LogP contribution in [-0.2, 0) is 4.74 Å². The van der Waals surface area contributed by atoms with Crippen LogP contribution in [0.25, 0.3) is 0 Å². The first-order chi connectivity index (χ1) is 7.31. The zero-order valence-electron chi connectivity index (χ0n) is 9.69. The maximum absolute atomic E-state index is 9.87. The second kappa shape index (κ2) is 5.28. The highest BCUT2D eigenvalue weighted by atomic mass is 16.5. The maximum atomic E-state index is 9.87. The highest BCUT2D eigenvalue weighted by Gasteiger charge is 2.33. The summed E-state index contributed by atoms with van der Waals surface area (Å²) in [5.41, 5.74) is 0. The molecule has 3 unspecified atom stereocenters. The van der Waals surface area contributed by atoms with Crippen molar-refractivity contribution in [3.63, 3.8) is 0 Å². The van der Waals surface area contributed by atoms with E-state index in [1.54, 1.807) is 0 Å². The van der Waals surface area contributed by atoms with Crippen molar-refractivity contribution in [2.24, 2.45) is 0 Å². The molecule has 1 aliphatic carbocycles. The molecule has 0 aromatic carbocycles. The molecule has 3 nitrogen and oxygen atoms in total. The summed E-state index contributed by atoms with van der Waals surface area (Å²) >= 11 is 0. The summed E-state index contributed by atoms with van der Waals surface area (Å²) in [7, 11) is 0. The second-order valence-electron chi connectivity index (χ2n) is 4.78. The molecule has 2 rings (SSSR count). The Morgan fingerprint density at radius 3 is 2.80 bits per heavy atom. The van der Waals surface area contributed by atoms with Crippen LogP contribution in [0.5, 0.6) is 0 Å². The molecule has 2 fully saturated rings. The average molecular weight is 213 g/mol. The third-order valence-corrected chi connectivity index (χ3v) is 3.72. The molecular weight excluding hydrogens is 190 g/mol. The summed E-state index contributed by atoms with van der Waals surface area (Å²) in [5.74, 6) is 0. The molecule has 0 bridgehead atoms. The van der Waals surface area contributed by atoms with Gasteiger partial charge in [-0.25, -0.2) is 0 Å². The fourth-order valence-electron chi connectivity index (χ4n) is 2.99. The predicted octanol–water partition coefficient (Wildman–Crippen LogP) is 1.40. The Kier molecular flexibility index (Phi) is 4.00. The van der Waals surface area contributed by atoms with Crippen LogP contribution in [0.2, 0.25) is 0 Å². The van der Waals surface area contributed by atoms with Crippen LogP contribution in [0.15, 0.2) is 0 Å². The van der Waals surface area contributed by atoms with E-state index in [0.717, 1.165) is 26.1 Å². The lowest BCUT2D eigenvalue weighted by molar-refractivity contribution is -0.0251. The number of hydrogen-bond acceptors (Lipinski definition) is 3. The van der Waals surface area contributed by atoms with Gasteiger partial charge in [-0.1, -0.05) is 0 Å². The molecule has 1 N–H and O–H groups in total. The van der Waals surface area contributed by atoms with Gasteiger partial charge >= 0.3 is 0 Å². The van der Waals surface area contributed by atoms with E-state index in [2.05, 4.69) is 11.8 Å². The van der Waals surface area contributed by atoms with Crippen LogP contribution in [0, 0.1) is 0 Å². The Bertz CT molecular complexity index is 196. The van der Waals surface area contributed by atoms with Crippen molar-refractivity contribution >= 4 is 0 Å². The molecule has 3 heteroatoms. The molecule has 0 aromatic heterocycles. The zero-order chi connectivity index (χ0) is 10.7. The van der Waals surface area contributed by atoms with Crippen LogP contribution in [0.3, 0.4) is 0 Å². The molecule has 1 heterocycles. The van der Waals surface area contributed by atoms with Gasteiger partial charge in [0, 0.05) is 19.2 Å². The first kappa shape index (κ1) is 11.4. The van der Waals surface area contributed by atoms with E-state index in [-0.39, 0.29) is 6.10 Å². The number of nitrogens with zero attached hydrogens (tertiary/aromatic N) is 1. The minimum absolute atomic E-state index is 0.0922.